The summed E-state index contributed by atoms with van der Waals surface area (Å²) in [4.78, 5) is 12.7. The molecule has 1 amide bonds. The van der Waals surface area contributed by atoms with Crippen LogP contribution < -0.4 is 10.0 Å². The van der Waals surface area contributed by atoms with Gasteiger partial charge in [-0.25, -0.2) is 12.8 Å². The Labute approximate surface area is 177 Å². The fraction of sp³-hybridized carbons (Fsp3) is 0.0952. The lowest BCUT2D eigenvalue weighted by molar-refractivity contribution is 0.102. The number of hydrogen-bond donors (Lipinski definition) is 2. The summed E-state index contributed by atoms with van der Waals surface area (Å²) in [5, 5.41) is 2.81. The molecule has 0 saturated carbocycles. The SMILES string of the molecule is Cc1cc(Br)ccc1NC(=O)c1cc(S(=O)(=O)Nc2ccc(F)cc2)ccc1C. The van der Waals surface area contributed by atoms with Crippen molar-refractivity contribution >= 4 is 43.2 Å². The number of hydrogen-bond acceptors (Lipinski definition) is 3. The molecule has 0 atom stereocenters. The van der Waals surface area contributed by atoms with E-state index in [2.05, 4.69) is 26.0 Å². The molecule has 0 unspecified atom stereocenters. The molecule has 8 heteroatoms. The van der Waals surface area contributed by atoms with Crippen LogP contribution in [0.3, 0.4) is 0 Å². The fourth-order valence-electron chi connectivity index (χ4n) is 2.70. The molecule has 0 saturated heterocycles. The van der Waals surface area contributed by atoms with Crippen molar-refractivity contribution in [1.29, 1.82) is 0 Å². The van der Waals surface area contributed by atoms with E-state index in [-0.39, 0.29) is 16.1 Å². The molecule has 0 aromatic heterocycles. The molecule has 150 valence electrons. The molecule has 0 radical (unpaired) electrons. The molecule has 3 aromatic carbocycles. The number of halogens is 2. The van der Waals surface area contributed by atoms with E-state index in [4.69, 9.17) is 0 Å². The number of carbonyl (C=O) groups is 1. The van der Waals surface area contributed by atoms with Gasteiger partial charge in [-0.2, -0.15) is 0 Å². The van der Waals surface area contributed by atoms with Gasteiger partial charge in [-0.05, 0) is 79.6 Å². The summed E-state index contributed by atoms with van der Waals surface area (Å²) in [6.07, 6.45) is 0. The van der Waals surface area contributed by atoms with E-state index in [0.717, 1.165) is 22.2 Å². The second-order valence-electron chi connectivity index (χ2n) is 6.50. The van der Waals surface area contributed by atoms with Crippen molar-refractivity contribution in [2.45, 2.75) is 18.7 Å². The van der Waals surface area contributed by atoms with Gasteiger partial charge in [0.25, 0.3) is 15.9 Å². The monoisotopic (exact) mass is 476 g/mol. The average Bonchev–Trinajstić information content (AvgIpc) is 2.66. The van der Waals surface area contributed by atoms with Crippen LogP contribution in [-0.2, 0) is 10.0 Å². The van der Waals surface area contributed by atoms with E-state index < -0.39 is 21.7 Å². The maximum atomic E-state index is 13.0. The van der Waals surface area contributed by atoms with Gasteiger partial charge in [-0.3, -0.25) is 9.52 Å². The first-order chi connectivity index (χ1) is 13.7. The van der Waals surface area contributed by atoms with E-state index in [1.54, 1.807) is 19.1 Å². The molecule has 0 aliphatic carbocycles. The van der Waals surface area contributed by atoms with Crippen molar-refractivity contribution in [1.82, 2.24) is 0 Å². The Morgan fingerprint density at radius 3 is 2.28 bits per heavy atom. The zero-order valence-electron chi connectivity index (χ0n) is 15.7. The number of carbonyl (C=O) groups excluding carboxylic acids is 1. The molecule has 3 rings (SSSR count). The largest absolute Gasteiger partial charge is 0.322 e. The predicted molar refractivity (Wildman–Crippen MR) is 115 cm³/mol. The molecule has 29 heavy (non-hydrogen) atoms. The molecule has 0 bridgehead atoms. The standard InChI is InChI=1S/C21H18BrFN2O3S/c1-13-3-9-18(29(27,28)25-17-7-5-16(23)6-8-17)12-19(13)21(26)24-20-10-4-15(22)11-14(20)2/h3-12,25H,1-2H3,(H,24,26). The van der Waals surface area contributed by atoms with Crippen LogP contribution in [0.5, 0.6) is 0 Å². The highest BCUT2D eigenvalue weighted by atomic mass is 79.9. The highest BCUT2D eigenvalue weighted by Gasteiger charge is 2.19. The normalized spacial score (nSPS) is 11.2. The zero-order chi connectivity index (χ0) is 21.2. The summed E-state index contributed by atoms with van der Waals surface area (Å²) in [6.45, 7) is 3.59. The van der Waals surface area contributed by atoms with E-state index >= 15 is 0 Å². The van der Waals surface area contributed by atoms with Gasteiger partial charge in [-0.1, -0.05) is 22.0 Å². The Bertz CT molecular complexity index is 1180. The van der Waals surface area contributed by atoms with Gasteiger partial charge >= 0.3 is 0 Å². The van der Waals surface area contributed by atoms with Crippen LogP contribution in [0.1, 0.15) is 21.5 Å². The van der Waals surface area contributed by atoms with Crippen LogP contribution in [0.4, 0.5) is 15.8 Å². The molecular weight excluding hydrogens is 459 g/mol. The molecule has 0 aliphatic rings. The summed E-state index contributed by atoms with van der Waals surface area (Å²) in [7, 11) is -3.94. The molecular formula is C21H18BrFN2O3S. The highest BCUT2D eigenvalue weighted by molar-refractivity contribution is 9.10. The first-order valence-electron chi connectivity index (χ1n) is 8.62. The van der Waals surface area contributed by atoms with Crippen molar-refractivity contribution < 1.29 is 17.6 Å². The van der Waals surface area contributed by atoms with E-state index in [0.29, 0.717) is 11.3 Å². The van der Waals surface area contributed by atoms with Crippen molar-refractivity contribution in [3.63, 3.8) is 0 Å². The maximum absolute atomic E-state index is 13.0. The molecule has 5 nitrogen and oxygen atoms in total. The van der Waals surface area contributed by atoms with Crippen LogP contribution >= 0.6 is 15.9 Å². The van der Waals surface area contributed by atoms with Gasteiger partial charge in [0.15, 0.2) is 0 Å². The number of aryl methyl sites for hydroxylation is 2. The summed E-state index contributed by atoms with van der Waals surface area (Å²) in [5.41, 5.74) is 2.61. The van der Waals surface area contributed by atoms with Crippen molar-refractivity contribution in [3.05, 3.63) is 87.6 Å². The first-order valence-corrected chi connectivity index (χ1v) is 10.9. The van der Waals surface area contributed by atoms with E-state index in [9.17, 15) is 17.6 Å². The Morgan fingerprint density at radius 1 is 0.931 bits per heavy atom. The van der Waals surface area contributed by atoms with Gasteiger partial charge in [0.05, 0.1) is 4.90 Å². The Balaban J connectivity index is 1.88. The Hall–Kier alpha value is -2.71. The predicted octanol–water partition coefficient (Wildman–Crippen LogP) is 5.26. The zero-order valence-corrected chi connectivity index (χ0v) is 18.1. The molecule has 0 spiro atoms. The number of rotatable bonds is 5. The lowest BCUT2D eigenvalue weighted by atomic mass is 10.1. The van der Waals surface area contributed by atoms with Crippen molar-refractivity contribution in [2.75, 3.05) is 10.0 Å². The summed E-state index contributed by atoms with van der Waals surface area (Å²) in [6, 6.07) is 14.7. The fourth-order valence-corrected chi connectivity index (χ4v) is 4.26. The molecule has 0 fully saturated rings. The number of benzene rings is 3. The van der Waals surface area contributed by atoms with Gasteiger partial charge in [0.2, 0.25) is 0 Å². The third-order valence-electron chi connectivity index (χ3n) is 4.30. The molecule has 2 N–H and O–H groups in total. The average molecular weight is 477 g/mol. The number of sulfonamides is 1. The van der Waals surface area contributed by atoms with Gasteiger partial charge in [-0.15, -0.1) is 0 Å². The summed E-state index contributed by atoms with van der Waals surface area (Å²) in [5.74, 6) is -0.878. The van der Waals surface area contributed by atoms with Gasteiger partial charge in [0.1, 0.15) is 5.82 Å². The number of nitrogens with one attached hydrogen (secondary N) is 2. The van der Waals surface area contributed by atoms with Crippen LogP contribution in [-0.4, -0.2) is 14.3 Å². The van der Waals surface area contributed by atoms with E-state index in [1.807, 2.05) is 19.1 Å². The minimum Gasteiger partial charge on any atom is -0.322 e. The van der Waals surface area contributed by atoms with Crippen LogP contribution in [0.15, 0.2) is 70.0 Å². The first kappa shape index (κ1) is 21.0. The van der Waals surface area contributed by atoms with Crippen LogP contribution in [0, 0.1) is 19.7 Å². The molecule has 0 aliphatic heterocycles. The third-order valence-corrected chi connectivity index (χ3v) is 6.17. The second-order valence-corrected chi connectivity index (χ2v) is 9.10. The van der Waals surface area contributed by atoms with Crippen molar-refractivity contribution in [2.24, 2.45) is 0 Å². The summed E-state index contributed by atoms with van der Waals surface area (Å²) >= 11 is 3.37. The molecule has 3 aromatic rings. The minimum atomic E-state index is -3.94. The topological polar surface area (TPSA) is 75.3 Å². The Morgan fingerprint density at radius 2 is 1.62 bits per heavy atom. The van der Waals surface area contributed by atoms with Crippen molar-refractivity contribution in [3.8, 4) is 0 Å². The van der Waals surface area contributed by atoms with Gasteiger partial charge < -0.3 is 5.32 Å². The second kappa shape index (κ2) is 8.34. The van der Waals surface area contributed by atoms with Crippen LogP contribution in [0.25, 0.3) is 0 Å². The smallest absolute Gasteiger partial charge is 0.261 e. The van der Waals surface area contributed by atoms with Crippen LogP contribution in [0.2, 0.25) is 0 Å². The third kappa shape index (κ3) is 5.02. The molecule has 0 heterocycles. The lowest BCUT2D eigenvalue weighted by Crippen LogP contribution is -2.17. The number of anilines is 2. The lowest BCUT2D eigenvalue weighted by Gasteiger charge is -2.13. The number of amides is 1. The Kier molecular flexibility index (Phi) is 6.04. The van der Waals surface area contributed by atoms with Gasteiger partial charge in [0, 0.05) is 21.4 Å². The quantitative estimate of drug-likeness (QED) is 0.527. The summed E-state index contributed by atoms with van der Waals surface area (Å²) < 4.78 is 41.7. The maximum Gasteiger partial charge on any atom is 0.261 e. The minimum absolute atomic E-state index is 0.0647. The van der Waals surface area contributed by atoms with E-state index in [1.165, 1.54) is 24.3 Å². The highest BCUT2D eigenvalue weighted by Crippen LogP contribution is 2.23.